The number of benzene rings is 1. The molecule has 1 fully saturated rings. The molecule has 0 saturated heterocycles. The van der Waals surface area contributed by atoms with Crippen molar-refractivity contribution in [3.05, 3.63) is 29.6 Å². The van der Waals surface area contributed by atoms with E-state index in [0.717, 1.165) is 23.7 Å². The molecule has 1 aliphatic carbocycles. The maximum absolute atomic E-state index is 6.00. The predicted octanol–water partition coefficient (Wildman–Crippen LogP) is 5.27. The van der Waals surface area contributed by atoms with Crippen LogP contribution in [0, 0.1) is 12.8 Å². The van der Waals surface area contributed by atoms with E-state index in [-0.39, 0.29) is 0 Å². The van der Waals surface area contributed by atoms with Crippen LogP contribution >= 0.6 is 11.6 Å². The van der Waals surface area contributed by atoms with Gasteiger partial charge in [-0.1, -0.05) is 25.3 Å². The first-order chi connectivity index (χ1) is 10.2. The summed E-state index contributed by atoms with van der Waals surface area (Å²) in [6.45, 7) is 4.50. The molecule has 2 nitrogen and oxygen atoms in total. The number of nitrogens with zero attached hydrogens (tertiary/aromatic N) is 2. The smallest absolute Gasteiger partial charge is 0.111 e. The van der Waals surface area contributed by atoms with Gasteiger partial charge in [0.1, 0.15) is 5.82 Å². The number of aryl methyl sites for hydroxylation is 2. The summed E-state index contributed by atoms with van der Waals surface area (Å²) in [5, 5.41) is 0. The van der Waals surface area contributed by atoms with Crippen molar-refractivity contribution in [2.45, 2.75) is 58.4 Å². The van der Waals surface area contributed by atoms with Crippen LogP contribution in [-0.2, 0) is 6.42 Å². The largest absolute Gasteiger partial charge is 0.325 e. The summed E-state index contributed by atoms with van der Waals surface area (Å²) < 4.78 is 2.47. The van der Waals surface area contributed by atoms with Gasteiger partial charge in [0.2, 0.25) is 0 Å². The molecule has 2 aromatic rings. The van der Waals surface area contributed by atoms with E-state index in [1.165, 1.54) is 43.2 Å². The third-order valence-electron chi connectivity index (χ3n) is 4.98. The minimum Gasteiger partial charge on any atom is -0.325 e. The van der Waals surface area contributed by atoms with E-state index >= 15 is 0 Å². The average molecular weight is 305 g/mol. The average Bonchev–Trinajstić information content (AvgIpc) is 2.85. The second-order valence-electron chi connectivity index (χ2n) is 6.47. The third kappa shape index (κ3) is 2.96. The molecule has 1 heterocycles. The quantitative estimate of drug-likeness (QED) is 0.704. The number of rotatable bonds is 4. The number of alkyl halides is 1. The van der Waals surface area contributed by atoms with Gasteiger partial charge in [0.05, 0.1) is 11.0 Å². The van der Waals surface area contributed by atoms with Crippen molar-refractivity contribution in [3.63, 3.8) is 0 Å². The van der Waals surface area contributed by atoms with E-state index in [2.05, 4.69) is 36.6 Å². The van der Waals surface area contributed by atoms with Gasteiger partial charge in [-0.3, -0.25) is 0 Å². The highest BCUT2D eigenvalue weighted by molar-refractivity contribution is 6.17. The Balaban J connectivity index is 2.03. The van der Waals surface area contributed by atoms with Gasteiger partial charge in [-0.2, -0.15) is 0 Å². The van der Waals surface area contributed by atoms with Crippen LogP contribution < -0.4 is 0 Å². The van der Waals surface area contributed by atoms with E-state index < -0.39 is 0 Å². The van der Waals surface area contributed by atoms with Crippen molar-refractivity contribution < 1.29 is 0 Å². The van der Waals surface area contributed by atoms with Crippen molar-refractivity contribution >= 4 is 22.6 Å². The van der Waals surface area contributed by atoms with Gasteiger partial charge in [-0.25, -0.2) is 4.98 Å². The Kier molecular flexibility index (Phi) is 4.54. The molecule has 1 saturated carbocycles. The summed E-state index contributed by atoms with van der Waals surface area (Å²) in [4.78, 5) is 4.86. The minimum atomic E-state index is 0.524. The van der Waals surface area contributed by atoms with E-state index in [9.17, 15) is 0 Å². The second kappa shape index (κ2) is 6.39. The van der Waals surface area contributed by atoms with Gasteiger partial charge < -0.3 is 4.57 Å². The number of hydrogen-bond donors (Lipinski definition) is 0. The lowest BCUT2D eigenvalue weighted by Crippen LogP contribution is -2.21. The Morgan fingerprint density at radius 1 is 1.29 bits per heavy atom. The zero-order valence-corrected chi connectivity index (χ0v) is 13.9. The van der Waals surface area contributed by atoms with E-state index in [1.54, 1.807) is 0 Å². The van der Waals surface area contributed by atoms with Gasteiger partial charge >= 0.3 is 0 Å². The van der Waals surface area contributed by atoms with Crippen molar-refractivity contribution in [1.29, 1.82) is 0 Å². The van der Waals surface area contributed by atoms with Gasteiger partial charge in [-0.15, -0.1) is 11.6 Å². The highest BCUT2D eigenvalue weighted by Gasteiger charge is 2.24. The van der Waals surface area contributed by atoms with Crippen LogP contribution in [0.5, 0.6) is 0 Å². The molecule has 3 rings (SSSR count). The number of fused-ring (bicyclic) bond motifs is 1. The molecule has 0 bridgehead atoms. The Labute approximate surface area is 132 Å². The Bertz CT molecular complexity index is 611. The molecule has 1 aliphatic rings. The van der Waals surface area contributed by atoms with Crippen molar-refractivity contribution in [2.24, 2.45) is 5.92 Å². The standard InChI is InChI=1S/C18H25ClN2/c1-13-8-9-17-16(12-13)20-18(10-11-19)21(17)14(2)15-6-4-3-5-7-15/h8-9,12,14-15H,3-7,10-11H2,1-2H3. The molecule has 1 unspecified atom stereocenters. The maximum atomic E-state index is 6.00. The highest BCUT2D eigenvalue weighted by atomic mass is 35.5. The van der Waals surface area contributed by atoms with Crippen LogP contribution in [0.2, 0.25) is 0 Å². The highest BCUT2D eigenvalue weighted by Crippen LogP contribution is 2.35. The lowest BCUT2D eigenvalue weighted by atomic mass is 9.84. The van der Waals surface area contributed by atoms with E-state index in [0.29, 0.717) is 11.9 Å². The second-order valence-corrected chi connectivity index (χ2v) is 6.85. The summed E-state index contributed by atoms with van der Waals surface area (Å²) in [6, 6.07) is 7.14. The normalized spacial score (nSPS) is 18.2. The zero-order valence-electron chi connectivity index (χ0n) is 13.1. The third-order valence-corrected chi connectivity index (χ3v) is 5.16. The summed E-state index contributed by atoms with van der Waals surface area (Å²) in [7, 11) is 0. The summed E-state index contributed by atoms with van der Waals surface area (Å²) in [5.41, 5.74) is 3.67. The van der Waals surface area contributed by atoms with E-state index in [4.69, 9.17) is 16.6 Å². The molecule has 0 radical (unpaired) electrons. The van der Waals surface area contributed by atoms with Crippen LogP contribution in [0.25, 0.3) is 11.0 Å². The summed E-state index contributed by atoms with van der Waals surface area (Å²) in [5.74, 6) is 2.58. The lowest BCUT2D eigenvalue weighted by molar-refractivity contribution is 0.264. The Morgan fingerprint density at radius 3 is 2.76 bits per heavy atom. The van der Waals surface area contributed by atoms with Gasteiger partial charge in [0.15, 0.2) is 0 Å². The lowest BCUT2D eigenvalue weighted by Gasteiger charge is -2.30. The molecule has 1 aromatic heterocycles. The molecule has 114 valence electrons. The fourth-order valence-electron chi connectivity index (χ4n) is 3.80. The first-order valence-corrected chi connectivity index (χ1v) is 8.77. The van der Waals surface area contributed by atoms with Crippen LogP contribution in [0.4, 0.5) is 0 Å². The van der Waals surface area contributed by atoms with E-state index in [1.807, 2.05) is 0 Å². The monoisotopic (exact) mass is 304 g/mol. The zero-order chi connectivity index (χ0) is 14.8. The number of hydrogen-bond acceptors (Lipinski definition) is 1. The maximum Gasteiger partial charge on any atom is 0.111 e. The molecule has 0 spiro atoms. The summed E-state index contributed by atoms with van der Waals surface area (Å²) >= 11 is 6.00. The van der Waals surface area contributed by atoms with Crippen molar-refractivity contribution in [2.75, 3.05) is 5.88 Å². The predicted molar refractivity (Wildman–Crippen MR) is 90.2 cm³/mol. The number of halogens is 1. The fraction of sp³-hybridized carbons (Fsp3) is 0.611. The summed E-state index contributed by atoms with van der Waals surface area (Å²) in [6.07, 6.45) is 7.73. The van der Waals surface area contributed by atoms with Crippen LogP contribution in [0.15, 0.2) is 18.2 Å². The van der Waals surface area contributed by atoms with Gasteiger partial charge in [0, 0.05) is 18.3 Å². The first-order valence-electron chi connectivity index (χ1n) is 8.24. The number of imidazole rings is 1. The molecule has 1 aromatic carbocycles. The topological polar surface area (TPSA) is 17.8 Å². The van der Waals surface area contributed by atoms with Crippen LogP contribution in [0.1, 0.15) is 56.5 Å². The molecule has 21 heavy (non-hydrogen) atoms. The molecular weight excluding hydrogens is 280 g/mol. The Hall–Kier alpha value is -1.02. The fourth-order valence-corrected chi connectivity index (χ4v) is 3.97. The SMILES string of the molecule is Cc1ccc2c(c1)nc(CCCl)n2C(C)C1CCCCC1. The van der Waals surface area contributed by atoms with Crippen molar-refractivity contribution in [3.8, 4) is 0 Å². The molecule has 1 atom stereocenters. The van der Waals surface area contributed by atoms with Crippen molar-refractivity contribution in [1.82, 2.24) is 9.55 Å². The van der Waals surface area contributed by atoms with Gasteiger partial charge in [-0.05, 0) is 50.3 Å². The molecule has 0 amide bonds. The number of aromatic nitrogens is 2. The van der Waals surface area contributed by atoms with Crippen LogP contribution in [0.3, 0.4) is 0 Å². The minimum absolute atomic E-state index is 0.524. The molecule has 0 N–H and O–H groups in total. The molecule has 3 heteroatoms. The molecule has 0 aliphatic heterocycles. The Morgan fingerprint density at radius 2 is 2.05 bits per heavy atom. The van der Waals surface area contributed by atoms with Crippen LogP contribution in [-0.4, -0.2) is 15.4 Å². The van der Waals surface area contributed by atoms with Gasteiger partial charge in [0.25, 0.3) is 0 Å². The first kappa shape index (κ1) is 14.9. The molecular formula is C18H25ClN2.